The standard InChI is InChI=1S/C10H14N2O2/c1-8-4-2-3-5-9(8)6-14-7-10(13)12-11/h2-5H,6-7,11H2,1H3,(H,12,13). The van der Waals surface area contributed by atoms with Crippen molar-refractivity contribution in [2.24, 2.45) is 5.84 Å². The van der Waals surface area contributed by atoms with Gasteiger partial charge in [-0.05, 0) is 18.1 Å². The highest BCUT2D eigenvalue weighted by Crippen LogP contribution is 2.07. The topological polar surface area (TPSA) is 64.3 Å². The van der Waals surface area contributed by atoms with Gasteiger partial charge >= 0.3 is 0 Å². The first kappa shape index (κ1) is 10.7. The first-order valence-electron chi connectivity index (χ1n) is 4.35. The molecule has 76 valence electrons. The minimum absolute atomic E-state index is 0.00909. The molecule has 0 saturated carbocycles. The molecule has 3 N–H and O–H groups in total. The second kappa shape index (κ2) is 5.36. The van der Waals surface area contributed by atoms with E-state index in [4.69, 9.17) is 10.6 Å². The summed E-state index contributed by atoms with van der Waals surface area (Å²) in [5, 5.41) is 0. The van der Waals surface area contributed by atoms with Crippen LogP contribution in [0.25, 0.3) is 0 Å². The highest BCUT2D eigenvalue weighted by atomic mass is 16.5. The molecule has 0 aliphatic rings. The van der Waals surface area contributed by atoms with Gasteiger partial charge in [-0.15, -0.1) is 0 Å². The number of hydrazine groups is 1. The van der Waals surface area contributed by atoms with Gasteiger partial charge in [-0.3, -0.25) is 10.2 Å². The van der Waals surface area contributed by atoms with E-state index in [1.165, 1.54) is 0 Å². The predicted molar refractivity (Wildman–Crippen MR) is 53.2 cm³/mol. The van der Waals surface area contributed by atoms with Crippen LogP contribution in [0.5, 0.6) is 0 Å². The Morgan fingerprint density at radius 3 is 2.86 bits per heavy atom. The fourth-order valence-electron chi connectivity index (χ4n) is 1.07. The van der Waals surface area contributed by atoms with Crippen LogP contribution in [0.15, 0.2) is 24.3 Å². The number of ether oxygens (including phenoxy) is 1. The average molecular weight is 194 g/mol. The normalized spacial score (nSPS) is 9.86. The first-order valence-corrected chi connectivity index (χ1v) is 4.35. The number of nitrogens with two attached hydrogens (primary N) is 1. The number of aryl methyl sites for hydroxylation is 1. The van der Waals surface area contributed by atoms with Crippen molar-refractivity contribution in [3.05, 3.63) is 35.4 Å². The van der Waals surface area contributed by atoms with Crippen molar-refractivity contribution in [3.63, 3.8) is 0 Å². The quantitative estimate of drug-likeness (QED) is 0.417. The summed E-state index contributed by atoms with van der Waals surface area (Å²) in [6.45, 7) is 2.42. The fourth-order valence-corrected chi connectivity index (χ4v) is 1.07. The number of amides is 1. The molecule has 1 amide bonds. The van der Waals surface area contributed by atoms with Gasteiger partial charge < -0.3 is 4.74 Å². The molecule has 0 aliphatic carbocycles. The second-order valence-corrected chi connectivity index (χ2v) is 2.99. The van der Waals surface area contributed by atoms with Crippen LogP contribution in [-0.2, 0) is 16.1 Å². The number of benzene rings is 1. The van der Waals surface area contributed by atoms with Crippen molar-refractivity contribution < 1.29 is 9.53 Å². The van der Waals surface area contributed by atoms with Crippen LogP contribution >= 0.6 is 0 Å². The summed E-state index contributed by atoms with van der Waals surface area (Å²) >= 11 is 0. The third-order valence-corrected chi connectivity index (χ3v) is 1.91. The van der Waals surface area contributed by atoms with Gasteiger partial charge in [0.2, 0.25) is 0 Å². The maximum absolute atomic E-state index is 10.7. The van der Waals surface area contributed by atoms with E-state index < -0.39 is 0 Å². The number of carbonyl (C=O) groups excluding carboxylic acids is 1. The van der Waals surface area contributed by atoms with E-state index >= 15 is 0 Å². The molecule has 14 heavy (non-hydrogen) atoms. The van der Waals surface area contributed by atoms with Crippen molar-refractivity contribution in [1.82, 2.24) is 5.43 Å². The second-order valence-electron chi connectivity index (χ2n) is 2.99. The zero-order chi connectivity index (χ0) is 10.4. The van der Waals surface area contributed by atoms with E-state index in [0.29, 0.717) is 6.61 Å². The van der Waals surface area contributed by atoms with Gasteiger partial charge in [0.1, 0.15) is 6.61 Å². The summed E-state index contributed by atoms with van der Waals surface area (Å²) in [5.74, 6) is 4.58. The molecule has 1 aromatic rings. The highest BCUT2D eigenvalue weighted by Gasteiger charge is 2.00. The molecule has 0 fully saturated rings. The molecular weight excluding hydrogens is 180 g/mol. The minimum Gasteiger partial charge on any atom is -0.367 e. The third kappa shape index (κ3) is 3.16. The monoisotopic (exact) mass is 194 g/mol. The van der Waals surface area contributed by atoms with Crippen LogP contribution in [0, 0.1) is 6.92 Å². The van der Waals surface area contributed by atoms with Gasteiger partial charge in [-0.25, -0.2) is 5.84 Å². The Labute approximate surface area is 83.0 Å². The predicted octanol–water partition coefficient (Wildman–Crippen LogP) is 0.502. The lowest BCUT2D eigenvalue weighted by Crippen LogP contribution is -2.33. The van der Waals surface area contributed by atoms with E-state index in [-0.39, 0.29) is 12.5 Å². The Morgan fingerprint density at radius 1 is 1.50 bits per heavy atom. The van der Waals surface area contributed by atoms with Crippen LogP contribution in [0.1, 0.15) is 11.1 Å². The molecule has 4 nitrogen and oxygen atoms in total. The maximum Gasteiger partial charge on any atom is 0.259 e. The Morgan fingerprint density at radius 2 is 2.21 bits per heavy atom. The van der Waals surface area contributed by atoms with Crippen molar-refractivity contribution in [1.29, 1.82) is 0 Å². The van der Waals surface area contributed by atoms with E-state index in [9.17, 15) is 4.79 Å². The summed E-state index contributed by atoms with van der Waals surface area (Å²) in [7, 11) is 0. The van der Waals surface area contributed by atoms with Gasteiger partial charge in [-0.2, -0.15) is 0 Å². The van der Waals surface area contributed by atoms with Crippen molar-refractivity contribution in [3.8, 4) is 0 Å². The Kier molecular flexibility index (Phi) is 4.10. The van der Waals surface area contributed by atoms with Gasteiger partial charge in [0.15, 0.2) is 0 Å². The molecule has 0 aliphatic heterocycles. The number of nitrogens with one attached hydrogen (secondary N) is 1. The summed E-state index contributed by atoms with van der Waals surface area (Å²) in [6, 6.07) is 7.87. The summed E-state index contributed by atoms with van der Waals surface area (Å²) in [6.07, 6.45) is 0. The van der Waals surface area contributed by atoms with Gasteiger partial charge in [0.25, 0.3) is 5.91 Å². The molecule has 1 rings (SSSR count). The lowest BCUT2D eigenvalue weighted by molar-refractivity contribution is -0.126. The van der Waals surface area contributed by atoms with E-state index in [1.807, 2.05) is 36.6 Å². The van der Waals surface area contributed by atoms with Crippen LogP contribution in [0.4, 0.5) is 0 Å². The SMILES string of the molecule is Cc1ccccc1COCC(=O)NN. The summed E-state index contributed by atoms with van der Waals surface area (Å²) < 4.78 is 5.16. The first-order chi connectivity index (χ1) is 6.74. The Bertz CT molecular complexity index is 313. The Balaban J connectivity index is 2.39. The lowest BCUT2D eigenvalue weighted by Gasteiger charge is -2.05. The average Bonchev–Trinajstić information content (AvgIpc) is 2.20. The molecule has 4 heteroatoms. The third-order valence-electron chi connectivity index (χ3n) is 1.91. The molecule has 0 unspecified atom stereocenters. The molecule has 0 heterocycles. The molecule has 0 saturated heterocycles. The zero-order valence-electron chi connectivity index (χ0n) is 8.12. The molecule has 0 bridgehead atoms. The molecule has 0 aromatic heterocycles. The van der Waals surface area contributed by atoms with Crippen molar-refractivity contribution in [2.75, 3.05) is 6.61 Å². The molecular formula is C10H14N2O2. The van der Waals surface area contributed by atoms with Crippen LogP contribution < -0.4 is 11.3 Å². The highest BCUT2D eigenvalue weighted by molar-refractivity contribution is 5.76. The van der Waals surface area contributed by atoms with Gasteiger partial charge in [-0.1, -0.05) is 24.3 Å². The fraction of sp³-hybridized carbons (Fsp3) is 0.300. The number of hydrogen-bond acceptors (Lipinski definition) is 3. The smallest absolute Gasteiger partial charge is 0.259 e. The van der Waals surface area contributed by atoms with Crippen LogP contribution in [0.2, 0.25) is 0 Å². The van der Waals surface area contributed by atoms with Crippen LogP contribution in [0.3, 0.4) is 0 Å². The van der Waals surface area contributed by atoms with Crippen molar-refractivity contribution in [2.45, 2.75) is 13.5 Å². The summed E-state index contributed by atoms with van der Waals surface area (Å²) in [4.78, 5) is 10.7. The largest absolute Gasteiger partial charge is 0.367 e. The molecule has 0 atom stereocenters. The summed E-state index contributed by atoms with van der Waals surface area (Å²) in [5.41, 5.74) is 4.24. The molecule has 0 radical (unpaired) electrons. The van der Waals surface area contributed by atoms with Gasteiger partial charge in [0.05, 0.1) is 6.61 Å². The molecule has 1 aromatic carbocycles. The number of rotatable bonds is 4. The minimum atomic E-state index is -0.321. The molecule has 0 spiro atoms. The Hall–Kier alpha value is -1.39. The zero-order valence-corrected chi connectivity index (χ0v) is 8.12. The number of hydrogen-bond donors (Lipinski definition) is 2. The van der Waals surface area contributed by atoms with Crippen LogP contribution in [-0.4, -0.2) is 12.5 Å². The van der Waals surface area contributed by atoms with E-state index in [0.717, 1.165) is 11.1 Å². The van der Waals surface area contributed by atoms with E-state index in [2.05, 4.69) is 0 Å². The van der Waals surface area contributed by atoms with Gasteiger partial charge in [0, 0.05) is 0 Å². The number of carbonyl (C=O) groups is 1. The van der Waals surface area contributed by atoms with E-state index in [1.54, 1.807) is 0 Å². The van der Waals surface area contributed by atoms with Crippen molar-refractivity contribution >= 4 is 5.91 Å². The maximum atomic E-state index is 10.7. The lowest BCUT2D eigenvalue weighted by atomic mass is 10.1.